The van der Waals surface area contributed by atoms with Crippen LogP contribution in [0.2, 0.25) is 9.36 Å². The molecule has 2 fully saturated rings. The van der Waals surface area contributed by atoms with Crippen molar-refractivity contribution in [2.75, 3.05) is 26.2 Å². The van der Waals surface area contributed by atoms with Crippen molar-refractivity contribution in [1.82, 2.24) is 10.2 Å². The average molecular weight is 328 g/mol. The molecule has 0 radical (unpaired) electrons. The number of rotatable bonds is 2. The van der Waals surface area contributed by atoms with Crippen LogP contribution < -0.4 is 5.32 Å². The number of nitrogens with zero attached hydrogens (tertiary/aromatic N) is 1. The maximum Gasteiger partial charge on any atom is 0.112 e. The Morgan fingerprint density at radius 1 is 1.39 bits per heavy atom. The molecule has 2 aliphatic heterocycles. The van der Waals surface area contributed by atoms with Gasteiger partial charge in [-0.05, 0) is 42.3 Å². The number of halogens is 3. The third kappa shape index (κ3) is 2.82. The van der Waals surface area contributed by atoms with Crippen LogP contribution in [-0.2, 0) is 6.54 Å². The first-order valence-corrected chi connectivity index (χ1v) is 7.67. The lowest BCUT2D eigenvalue weighted by Crippen LogP contribution is -2.28. The van der Waals surface area contributed by atoms with E-state index in [1.807, 2.05) is 0 Å². The maximum absolute atomic E-state index is 6.18. The molecule has 18 heavy (non-hydrogen) atoms. The molecule has 1 N–H and O–H groups in total. The molecular weight excluding hydrogens is 311 g/mol. The number of nitrogens with one attached hydrogen (secondary N) is 1. The lowest BCUT2D eigenvalue weighted by Gasteiger charge is -2.22. The van der Waals surface area contributed by atoms with Gasteiger partial charge in [0.05, 0.1) is 5.02 Å². The Bertz CT molecular complexity index is 415. The Balaban J connectivity index is 0.00000120. The predicted molar refractivity (Wildman–Crippen MR) is 81.4 cm³/mol. The molecule has 1 spiro atoms. The molecule has 3 heterocycles. The van der Waals surface area contributed by atoms with Gasteiger partial charge in [0.25, 0.3) is 0 Å². The van der Waals surface area contributed by atoms with Crippen LogP contribution in [0.5, 0.6) is 0 Å². The van der Waals surface area contributed by atoms with Crippen LogP contribution in [0.15, 0.2) is 5.38 Å². The summed E-state index contributed by atoms with van der Waals surface area (Å²) in [6.07, 6.45) is 2.64. The molecule has 1 aromatic rings. The van der Waals surface area contributed by atoms with E-state index < -0.39 is 0 Å². The zero-order chi connectivity index (χ0) is 11.9. The van der Waals surface area contributed by atoms with E-state index in [4.69, 9.17) is 23.2 Å². The van der Waals surface area contributed by atoms with Gasteiger partial charge in [-0.3, -0.25) is 4.90 Å². The molecular formula is C12H17Cl3N2S. The molecule has 0 aliphatic carbocycles. The van der Waals surface area contributed by atoms with Gasteiger partial charge in [0, 0.05) is 19.6 Å². The van der Waals surface area contributed by atoms with Gasteiger partial charge in [-0.2, -0.15) is 0 Å². The van der Waals surface area contributed by atoms with Crippen LogP contribution >= 0.6 is 46.9 Å². The standard InChI is InChI=1S/C12H16Cl2N2S.ClH/c13-10-9(6-17-11(10)14)5-16-4-2-12(8-16)1-3-15-7-12;/h6,15H,1-5,7-8H2;1H. The van der Waals surface area contributed by atoms with Gasteiger partial charge in [0.15, 0.2) is 0 Å². The SMILES string of the molecule is Cl.Clc1scc(CN2CCC3(CCNC3)C2)c1Cl. The Hall–Kier alpha value is 0.490. The minimum atomic E-state index is 0. The van der Waals surface area contributed by atoms with Gasteiger partial charge in [-0.1, -0.05) is 23.2 Å². The largest absolute Gasteiger partial charge is 0.316 e. The fourth-order valence-corrected chi connectivity index (χ4v) is 4.25. The second-order valence-corrected chi connectivity index (χ2v) is 7.10. The highest BCUT2D eigenvalue weighted by atomic mass is 35.5. The molecule has 0 amide bonds. The van der Waals surface area contributed by atoms with Crippen LogP contribution in [0.3, 0.4) is 0 Å². The first-order chi connectivity index (χ1) is 8.19. The van der Waals surface area contributed by atoms with E-state index in [0.29, 0.717) is 5.41 Å². The van der Waals surface area contributed by atoms with Crippen molar-refractivity contribution in [3.63, 3.8) is 0 Å². The lowest BCUT2D eigenvalue weighted by atomic mass is 9.87. The summed E-state index contributed by atoms with van der Waals surface area (Å²) < 4.78 is 0.720. The fraction of sp³-hybridized carbons (Fsp3) is 0.667. The van der Waals surface area contributed by atoms with Crippen LogP contribution in [0, 0.1) is 5.41 Å². The molecule has 2 nitrogen and oxygen atoms in total. The van der Waals surface area contributed by atoms with Crippen molar-refractivity contribution in [3.05, 3.63) is 20.3 Å². The topological polar surface area (TPSA) is 15.3 Å². The van der Waals surface area contributed by atoms with Crippen molar-refractivity contribution in [1.29, 1.82) is 0 Å². The normalized spacial score (nSPS) is 27.9. The molecule has 0 aromatic carbocycles. The molecule has 1 aromatic heterocycles. The summed E-state index contributed by atoms with van der Waals surface area (Å²) in [6, 6.07) is 0. The lowest BCUT2D eigenvalue weighted by molar-refractivity contribution is 0.269. The second kappa shape index (κ2) is 5.86. The Kier molecular flexibility index (Phi) is 4.85. The summed E-state index contributed by atoms with van der Waals surface area (Å²) >= 11 is 13.7. The van der Waals surface area contributed by atoms with E-state index >= 15 is 0 Å². The van der Waals surface area contributed by atoms with E-state index in [0.717, 1.165) is 15.9 Å². The van der Waals surface area contributed by atoms with Gasteiger partial charge in [-0.25, -0.2) is 0 Å². The predicted octanol–water partition coefficient (Wildman–Crippen LogP) is 3.66. The number of hydrogen-bond acceptors (Lipinski definition) is 3. The molecule has 1 atom stereocenters. The summed E-state index contributed by atoms with van der Waals surface area (Å²) in [5.41, 5.74) is 1.72. The molecule has 0 saturated carbocycles. The monoisotopic (exact) mass is 326 g/mol. The van der Waals surface area contributed by atoms with Crippen LogP contribution in [0.4, 0.5) is 0 Å². The van der Waals surface area contributed by atoms with Crippen molar-refractivity contribution in [2.24, 2.45) is 5.41 Å². The maximum atomic E-state index is 6.18. The summed E-state index contributed by atoms with van der Waals surface area (Å²) in [5.74, 6) is 0. The highest BCUT2D eigenvalue weighted by Gasteiger charge is 2.40. The van der Waals surface area contributed by atoms with Gasteiger partial charge in [0.2, 0.25) is 0 Å². The Labute approximate surface area is 128 Å². The van der Waals surface area contributed by atoms with Gasteiger partial charge < -0.3 is 5.32 Å². The number of thiophene rings is 1. The minimum absolute atomic E-state index is 0. The van der Waals surface area contributed by atoms with E-state index in [1.165, 1.54) is 55.9 Å². The van der Waals surface area contributed by atoms with Crippen LogP contribution in [0.25, 0.3) is 0 Å². The van der Waals surface area contributed by atoms with Crippen molar-refractivity contribution in [3.8, 4) is 0 Å². The van der Waals surface area contributed by atoms with Crippen molar-refractivity contribution >= 4 is 46.9 Å². The highest BCUT2D eigenvalue weighted by Crippen LogP contribution is 2.38. The fourth-order valence-electron chi connectivity index (χ4n) is 3.01. The van der Waals surface area contributed by atoms with E-state index in [9.17, 15) is 0 Å². The molecule has 3 rings (SSSR count). The van der Waals surface area contributed by atoms with Crippen molar-refractivity contribution < 1.29 is 0 Å². The smallest absolute Gasteiger partial charge is 0.112 e. The van der Waals surface area contributed by atoms with E-state index in [2.05, 4.69) is 15.6 Å². The van der Waals surface area contributed by atoms with E-state index in [1.54, 1.807) is 0 Å². The zero-order valence-electron chi connectivity index (χ0n) is 10.0. The Morgan fingerprint density at radius 3 is 2.83 bits per heavy atom. The summed E-state index contributed by atoms with van der Waals surface area (Å²) in [7, 11) is 0. The zero-order valence-corrected chi connectivity index (χ0v) is 13.2. The molecule has 0 bridgehead atoms. The summed E-state index contributed by atoms with van der Waals surface area (Å²) in [4.78, 5) is 2.51. The highest BCUT2D eigenvalue weighted by molar-refractivity contribution is 7.15. The molecule has 1 unspecified atom stereocenters. The first kappa shape index (κ1) is 14.9. The van der Waals surface area contributed by atoms with Crippen LogP contribution in [-0.4, -0.2) is 31.1 Å². The van der Waals surface area contributed by atoms with Crippen LogP contribution in [0.1, 0.15) is 18.4 Å². The molecule has 2 saturated heterocycles. The molecule has 6 heteroatoms. The summed E-state index contributed by atoms with van der Waals surface area (Å²) in [6.45, 7) is 5.69. The van der Waals surface area contributed by atoms with Crippen molar-refractivity contribution in [2.45, 2.75) is 19.4 Å². The Morgan fingerprint density at radius 2 is 2.22 bits per heavy atom. The third-order valence-electron chi connectivity index (χ3n) is 4.00. The number of hydrogen-bond donors (Lipinski definition) is 1. The number of likely N-dealkylation sites (tertiary alicyclic amines) is 1. The van der Waals surface area contributed by atoms with Gasteiger partial charge in [-0.15, -0.1) is 23.7 Å². The quantitative estimate of drug-likeness (QED) is 0.892. The van der Waals surface area contributed by atoms with E-state index in [-0.39, 0.29) is 12.4 Å². The average Bonchev–Trinajstić information content (AvgIpc) is 3.00. The molecule has 2 aliphatic rings. The third-order valence-corrected chi connectivity index (χ3v) is 5.91. The molecule has 102 valence electrons. The van der Waals surface area contributed by atoms with Gasteiger partial charge >= 0.3 is 0 Å². The van der Waals surface area contributed by atoms with Gasteiger partial charge in [0.1, 0.15) is 4.34 Å². The minimum Gasteiger partial charge on any atom is -0.316 e. The second-order valence-electron chi connectivity index (χ2n) is 5.24. The first-order valence-electron chi connectivity index (χ1n) is 6.03. The summed E-state index contributed by atoms with van der Waals surface area (Å²) in [5, 5.41) is 6.32.